The van der Waals surface area contributed by atoms with E-state index >= 15 is 0 Å². The lowest BCUT2D eigenvalue weighted by Crippen LogP contribution is -2.32. The number of amides is 1. The Bertz CT molecular complexity index is 1120. The summed E-state index contributed by atoms with van der Waals surface area (Å²) in [5.41, 5.74) is 8.41. The zero-order valence-electron chi connectivity index (χ0n) is 18.5. The molecule has 1 atom stereocenters. The number of carbonyl (C=O) groups is 2. The van der Waals surface area contributed by atoms with Crippen LogP contribution in [-0.4, -0.2) is 23.8 Å². The fourth-order valence-electron chi connectivity index (χ4n) is 4.92. The van der Waals surface area contributed by atoms with E-state index in [1.54, 1.807) is 0 Å². The highest BCUT2D eigenvalue weighted by Gasteiger charge is 2.29. The van der Waals surface area contributed by atoms with Crippen molar-refractivity contribution in [3.05, 3.63) is 94.0 Å². The van der Waals surface area contributed by atoms with E-state index in [2.05, 4.69) is 29.6 Å². The molecule has 1 aliphatic carbocycles. The molecule has 1 amide bonds. The molecule has 3 aromatic rings. The molecule has 164 valence electrons. The topological polar surface area (TPSA) is 75.6 Å². The van der Waals surface area contributed by atoms with Gasteiger partial charge in [-0.25, -0.2) is 4.79 Å². The quantitative estimate of drug-likeness (QED) is 0.530. The van der Waals surface area contributed by atoms with Crippen LogP contribution in [0.2, 0.25) is 0 Å². The Kier molecular flexibility index (Phi) is 5.99. The van der Waals surface area contributed by atoms with Crippen LogP contribution in [0.4, 0.5) is 4.79 Å². The third-order valence-corrected chi connectivity index (χ3v) is 6.10. The van der Waals surface area contributed by atoms with Crippen LogP contribution >= 0.6 is 0 Å². The predicted molar refractivity (Wildman–Crippen MR) is 124 cm³/mol. The molecule has 0 aromatic heterocycles. The van der Waals surface area contributed by atoms with E-state index in [1.807, 2.05) is 57.2 Å². The summed E-state index contributed by atoms with van der Waals surface area (Å²) in [6.45, 7) is 6.05. The van der Waals surface area contributed by atoms with Gasteiger partial charge in [-0.15, -0.1) is 0 Å². The van der Waals surface area contributed by atoms with Gasteiger partial charge in [-0.1, -0.05) is 66.2 Å². The molecule has 4 rings (SSSR count). The molecule has 0 spiro atoms. The second-order valence-corrected chi connectivity index (χ2v) is 8.43. The number of carboxylic acids is 1. The highest BCUT2D eigenvalue weighted by Crippen LogP contribution is 2.44. The number of hydrogen-bond donors (Lipinski definition) is 2. The van der Waals surface area contributed by atoms with Gasteiger partial charge in [-0.3, -0.25) is 4.79 Å². The molecular formula is C27H27NO4. The summed E-state index contributed by atoms with van der Waals surface area (Å²) in [4.78, 5) is 24.3. The van der Waals surface area contributed by atoms with Crippen LogP contribution in [0.25, 0.3) is 11.1 Å². The summed E-state index contributed by atoms with van der Waals surface area (Å²) in [7, 11) is 0. The molecule has 0 saturated carbocycles. The summed E-state index contributed by atoms with van der Waals surface area (Å²) >= 11 is 0. The van der Waals surface area contributed by atoms with Crippen molar-refractivity contribution in [1.82, 2.24) is 5.32 Å². The first kappa shape index (κ1) is 21.6. The highest BCUT2D eigenvalue weighted by molar-refractivity contribution is 5.79. The Balaban J connectivity index is 1.52. The molecule has 2 N–H and O–H groups in total. The Labute approximate surface area is 188 Å². The number of nitrogens with one attached hydrogen (secondary N) is 1. The van der Waals surface area contributed by atoms with Gasteiger partial charge in [0.2, 0.25) is 0 Å². The molecule has 0 heterocycles. The summed E-state index contributed by atoms with van der Waals surface area (Å²) in [5, 5.41) is 12.2. The van der Waals surface area contributed by atoms with Crippen LogP contribution in [0.3, 0.4) is 0 Å². The van der Waals surface area contributed by atoms with Gasteiger partial charge in [-0.05, 0) is 59.7 Å². The monoisotopic (exact) mass is 429 g/mol. The van der Waals surface area contributed by atoms with E-state index in [4.69, 9.17) is 4.74 Å². The first-order valence-corrected chi connectivity index (χ1v) is 10.8. The summed E-state index contributed by atoms with van der Waals surface area (Å²) in [6, 6.07) is 19.6. The maximum absolute atomic E-state index is 12.8. The molecule has 5 heteroatoms. The minimum atomic E-state index is -0.978. The Morgan fingerprint density at radius 3 is 2.00 bits per heavy atom. The van der Waals surface area contributed by atoms with E-state index in [-0.39, 0.29) is 18.9 Å². The van der Waals surface area contributed by atoms with Crippen molar-refractivity contribution in [2.24, 2.45) is 0 Å². The van der Waals surface area contributed by atoms with Gasteiger partial charge in [0.05, 0.1) is 12.5 Å². The number of carboxylic acid groups (broad SMARTS) is 1. The third-order valence-electron chi connectivity index (χ3n) is 6.10. The molecule has 3 aromatic carbocycles. The number of rotatable bonds is 6. The maximum atomic E-state index is 12.8. The largest absolute Gasteiger partial charge is 0.481 e. The van der Waals surface area contributed by atoms with Crippen molar-refractivity contribution >= 4 is 12.1 Å². The summed E-state index contributed by atoms with van der Waals surface area (Å²) < 4.78 is 5.63. The van der Waals surface area contributed by atoms with Gasteiger partial charge < -0.3 is 15.2 Å². The van der Waals surface area contributed by atoms with Crippen LogP contribution in [-0.2, 0) is 9.53 Å². The molecule has 1 aliphatic rings. The van der Waals surface area contributed by atoms with E-state index < -0.39 is 18.1 Å². The van der Waals surface area contributed by atoms with Crippen molar-refractivity contribution in [3.8, 4) is 11.1 Å². The normalized spacial score (nSPS) is 13.2. The third kappa shape index (κ3) is 4.24. The highest BCUT2D eigenvalue weighted by atomic mass is 16.5. The number of benzene rings is 3. The van der Waals surface area contributed by atoms with Crippen LogP contribution in [0.1, 0.15) is 51.8 Å². The molecule has 5 nitrogen and oxygen atoms in total. The zero-order valence-corrected chi connectivity index (χ0v) is 18.5. The first-order valence-electron chi connectivity index (χ1n) is 10.8. The van der Waals surface area contributed by atoms with E-state index in [0.29, 0.717) is 0 Å². The average Bonchev–Trinajstić information content (AvgIpc) is 3.05. The molecule has 0 bridgehead atoms. The molecule has 0 aliphatic heterocycles. The van der Waals surface area contributed by atoms with E-state index in [0.717, 1.165) is 44.5 Å². The molecule has 0 unspecified atom stereocenters. The van der Waals surface area contributed by atoms with Crippen LogP contribution in [0.5, 0.6) is 0 Å². The number of carbonyl (C=O) groups excluding carboxylic acids is 1. The number of aliphatic carboxylic acids is 1. The Morgan fingerprint density at radius 2 is 1.47 bits per heavy atom. The summed E-state index contributed by atoms with van der Waals surface area (Å²) in [5.74, 6) is -1.03. The van der Waals surface area contributed by atoms with Gasteiger partial charge in [0.1, 0.15) is 6.61 Å². The van der Waals surface area contributed by atoms with Crippen LogP contribution in [0, 0.1) is 20.8 Å². The van der Waals surface area contributed by atoms with Crippen LogP contribution in [0.15, 0.2) is 60.7 Å². The lowest BCUT2D eigenvalue weighted by atomic mass is 9.92. The van der Waals surface area contributed by atoms with Gasteiger partial charge in [-0.2, -0.15) is 0 Å². The number of fused-ring (bicyclic) bond motifs is 3. The minimum Gasteiger partial charge on any atom is -0.481 e. The van der Waals surface area contributed by atoms with Crippen molar-refractivity contribution in [3.63, 3.8) is 0 Å². The maximum Gasteiger partial charge on any atom is 0.407 e. The van der Waals surface area contributed by atoms with Gasteiger partial charge in [0.15, 0.2) is 0 Å². The fourth-order valence-corrected chi connectivity index (χ4v) is 4.92. The second-order valence-electron chi connectivity index (χ2n) is 8.43. The van der Waals surface area contributed by atoms with Crippen molar-refractivity contribution < 1.29 is 19.4 Å². The average molecular weight is 430 g/mol. The molecule has 0 fully saturated rings. The summed E-state index contributed by atoms with van der Waals surface area (Å²) in [6.07, 6.45) is -0.827. The van der Waals surface area contributed by atoms with Gasteiger partial charge >= 0.3 is 12.1 Å². The molecule has 0 saturated heterocycles. The molecular weight excluding hydrogens is 402 g/mol. The van der Waals surface area contributed by atoms with E-state index in [9.17, 15) is 14.7 Å². The first-order chi connectivity index (χ1) is 15.3. The lowest BCUT2D eigenvalue weighted by Gasteiger charge is -2.22. The molecule has 0 radical (unpaired) electrons. The zero-order chi connectivity index (χ0) is 22.8. The number of alkyl carbamates (subject to hydrolysis) is 1. The minimum absolute atomic E-state index is 0.0473. The number of aryl methyl sites for hydroxylation is 3. The lowest BCUT2D eigenvalue weighted by molar-refractivity contribution is -0.137. The number of ether oxygens (including phenoxy) is 1. The second kappa shape index (κ2) is 8.87. The van der Waals surface area contributed by atoms with Crippen molar-refractivity contribution in [1.29, 1.82) is 0 Å². The smallest absolute Gasteiger partial charge is 0.407 e. The van der Waals surface area contributed by atoms with Crippen molar-refractivity contribution in [2.45, 2.75) is 39.2 Å². The van der Waals surface area contributed by atoms with Crippen molar-refractivity contribution in [2.75, 3.05) is 6.61 Å². The molecule has 32 heavy (non-hydrogen) atoms. The standard InChI is InChI=1S/C27H27NO4/c1-16-12-17(2)26(18(3)13-16)24(14-25(29)30)28-27(31)32-15-23-21-10-6-4-8-19(21)20-9-5-7-11-22(20)23/h4-13,23-24H,14-15H2,1-3H3,(H,28,31)(H,29,30)/t24-/m0/s1. The Morgan fingerprint density at radius 1 is 0.938 bits per heavy atom. The van der Waals surface area contributed by atoms with E-state index in [1.165, 1.54) is 0 Å². The fraction of sp³-hybridized carbons (Fsp3) is 0.259. The Hall–Kier alpha value is -3.60. The van der Waals surface area contributed by atoms with Gasteiger partial charge in [0, 0.05) is 5.92 Å². The van der Waals surface area contributed by atoms with Gasteiger partial charge in [0.25, 0.3) is 0 Å². The number of hydrogen-bond acceptors (Lipinski definition) is 3. The predicted octanol–water partition coefficient (Wildman–Crippen LogP) is 5.67. The SMILES string of the molecule is Cc1cc(C)c([C@H](CC(=O)O)NC(=O)OCC2c3ccccc3-c3ccccc32)c(C)c1. The van der Waals surface area contributed by atoms with Crippen LogP contribution < -0.4 is 5.32 Å².